The monoisotopic (exact) mass is 349 g/mol. The number of fused-ring (bicyclic) bond motifs is 1. The second-order valence-corrected chi connectivity index (χ2v) is 6.23. The fraction of sp³-hybridized carbons (Fsp3) is 0.263. The van der Waals surface area contributed by atoms with E-state index in [1.807, 2.05) is 37.4 Å². The molecule has 3 aromatic rings. The summed E-state index contributed by atoms with van der Waals surface area (Å²) in [5.41, 5.74) is 2.36. The van der Waals surface area contributed by atoms with Crippen molar-refractivity contribution < 1.29 is 9.53 Å². The van der Waals surface area contributed by atoms with Gasteiger partial charge < -0.3 is 14.2 Å². The first kappa shape index (κ1) is 16.3. The topological polar surface area (TPSA) is 73.1 Å². The average Bonchev–Trinajstić information content (AvgIpc) is 3.07. The summed E-state index contributed by atoms with van der Waals surface area (Å²) in [7, 11) is 1.64. The molecule has 0 aliphatic carbocycles. The first-order chi connectivity index (χ1) is 12.7. The van der Waals surface area contributed by atoms with Gasteiger partial charge in [-0.3, -0.25) is 4.79 Å². The molecule has 1 aromatic carbocycles. The van der Waals surface area contributed by atoms with Crippen LogP contribution in [-0.2, 0) is 13.1 Å². The fourth-order valence-corrected chi connectivity index (χ4v) is 3.40. The van der Waals surface area contributed by atoms with Crippen LogP contribution in [0.4, 0.5) is 0 Å². The second kappa shape index (κ2) is 6.59. The number of amides is 1. The molecule has 132 valence electrons. The van der Waals surface area contributed by atoms with E-state index in [0.717, 1.165) is 22.8 Å². The van der Waals surface area contributed by atoms with Crippen LogP contribution in [0.1, 0.15) is 33.6 Å². The lowest BCUT2D eigenvalue weighted by Gasteiger charge is -2.37. The maximum Gasteiger partial charge on any atom is 0.275 e. The van der Waals surface area contributed by atoms with Gasteiger partial charge in [0, 0.05) is 30.2 Å². The molecule has 0 fully saturated rings. The van der Waals surface area contributed by atoms with E-state index < -0.39 is 0 Å². The van der Waals surface area contributed by atoms with E-state index in [2.05, 4.69) is 19.7 Å². The number of aromatic nitrogens is 4. The Labute approximate surface area is 151 Å². The molecule has 1 aliphatic heterocycles. The SMILES string of the molecule is COc1ccccc1C1Cn2c(C)cnc2CN1C(=O)c1cccnn1. The third-order valence-corrected chi connectivity index (χ3v) is 4.73. The molecule has 1 amide bonds. The van der Waals surface area contributed by atoms with Gasteiger partial charge in [-0.1, -0.05) is 18.2 Å². The number of hydrogen-bond acceptors (Lipinski definition) is 5. The van der Waals surface area contributed by atoms with E-state index in [9.17, 15) is 4.79 Å². The van der Waals surface area contributed by atoms with Crippen LogP contribution in [-0.4, -0.2) is 37.7 Å². The highest BCUT2D eigenvalue weighted by Crippen LogP contribution is 2.35. The van der Waals surface area contributed by atoms with Crippen molar-refractivity contribution in [1.29, 1.82) is 0 Å². The van der Waals surface area contributed by atoms with Crippen LogP contribution in [0.15, 0.2) is 48.8 Å². The first-order valence-electron chi connectivity index (χ1n) is 8.41. The lowest BCUT2D eigenvalue weighted by Crippen LogP contribution is -2.42. The van der Waals surface area contributed by atoms with Crippen LogP contribution in [0.25, 0.3) is 0 Å². The third-order valence-electron chi connectivity index (χ3n) is 4.73. The molecule has 0 N–H and O–H groups in total. The predicted octanol–water partition coefficient (Wildman–Crippen LogP) is 2.39. The van der Waals surface area contributed by atoms with E-state index in [0.29, 0.717) is 18.8 Å². The molecule has 0 spiro atoms. The van der Waals surface area contributed by atoms with E-state index in [1.54, 1.807) is 30.3 Å². The quantitative estimate of drug-likeness (QED) is 0.726. The van der Waals surface area contributed by atoms with Crippen molar-refractivity contribution >= 4 is 5.91 Å². The van der Waals surface area contributed by atoms with E-state index in [-0.39, 0.29) is 11.9 Å². The number of ether oxygens (including phenoxy) is 1. The second-order valence-electron chi connectivity index (χ2n) is 6.23. The van der Waals surface area contributed by atoms with Crippen molar-refractivity contribution in [2.75, 3.05) is 7.11 Å². The Balaban J connectivity index is 1.80. The maximum atomic E-state index is 13.1. The molecule has 7 nitrogen and oxygen atoms in total. The highest BCUT2D eigenvalue weighted by Gasteiger charge is 2.34. The third kappa shape index (κ3) is 2.71. The molecule has 0 bridgehead atoms. The number of aryl methyl sites for hydroxylation is 1. The normalized spacial score (nSPS) is 16.2. The summed E-state index contributed by atoms with van der Waals surface area (Å²) in [6, 6.07) is 11.0. The zero-order valence-corrected chi connectivity index (χ0v) is 14.7. The average molecular weight is 349 g/mol. The Bertz CT molecular complexity index is 938. The smallest absolute Gasteiger partial charge is 0.275 e. The van der Waals surface area contributed by atoms with Crippen molar-refractivity contribution in [3.8, 4) is 5.75 Å². The van der Waals surface area contributed by atoms with Gasteiger partial charge in [0.2, 0.25) is 0 Å². The van der Waals surface area contributed by atoms with Gasteiger partial charge in [-0.05, 0) is 25.1 Å². The van der Waals surface area contributed by atoms with Crippen molar-refractivity contribution in [3.05, 3.63) is 71.6 Å². The standard InChI is InChI=1S/C19H19N5O2/c1-13-10-20-18-12-24(19(25)15-7-5-9-21-22-15)16(11-23(13)18)14-6-3-4-8-17(14)26-2/h3-10,16H,11-12H2,1-2H3. The highest BCUT2D eigenvalue weighted by atomic mass is 16.5. The molecule has 26 heavy (non-hydrogen) atoms. The minimum atomic E-state index is -0.180. The molecule has 1 aliphatic rings. The molecular weight excluding hydrogens is 330 g/mol. The summed E-state index contributed by atoms with van der Waals surface area (Å²) in [6.45, 7) is 3.05. The number of imidazole rings is 1. The van der Waals surface area contributed by atoms with Crippen LogP contribution in [0.3, 0.4) is 0 Å². The Morgan fingerprint density at radius 2 is 2.08 bits per heavy atom. The summed E-state index contributed by atoms with van der Waals surface area (Å²) in [6.07, 6.45) is 3.39. The summed E-state index contributed by atoms with van der Waals surface area (Å²) in [5.74, 6) is 1.46. The number of nitrogens with zero attached hydrogens (tertiary/aromatic N) is 5. The maximum absolute atomic E-state index is 13.1. The molecule has 7 heteroatoms. The summed E-state index contributed by atoms with van der Waals surface area (Å²) in [4.78, 5) is 19.4. The molecule has 4 rings (SSSR count). The molecular formula is C19H19N5O2. The van der Waals surface area contributed by atoms with Crippen molar-refractivity contribution in [1.82, 2.24) is 24.6 Å². The number of para-hydroxylation sites is 1. The van der Waals surface area contributed by atoms with Crippen LogP contribution in [0.5, 0.6) is 5.75 Å². The van der Waals surface area contributed by atoms with Crippen LogP contribution < -0.4 is 4.74 Å². The fourth-order valence-electron chi connectivity index (χ4n) is 3.40. The summed E-state index contributed by atoms with van der Waals surface area (Å²) in [5, 5.41) is 7.82. The van der Waals surface area contributed by atoms with Gasteiger partial charge in [-0.25, -0.2) is 4.98 Å². The molecule has 3 heterocycles. The minimum Gasteiger partial charge on any atom is -0.496 e. The highest BCUT2D eigenvalue weighted by molar-refractivity contribution is 5.92. The van der Waals surface area contributed by atoms with E-state index in [1.165, 1.54) is 0 Å². The van der Waals surface area contributed by atoms with Gasteiger partial charge in [-0.15, -0.1) is 5.10 Å². The number of methoxy groups -OCH3 is 1. The van der Waals surface area contributed by atoms with Gasteiger partial charge in [0.1, 0.15) is 11.6 Å². The van der Waals surface area contributed by atoms with Gasteiger partial charge >= 0.3 is 0 Å². The Morgan fingerprint density at radius 1 is 1.23 bits per heavy atom. The largest absolute Gasteiger partial charge is 0.496 e. The van der Waals surface area contributed by atoms with Crippen molar-refractivity contribution in [3.63, 3.8) is 0 Å². The molecule has 1 atom stereocenters. The lowest BCUT2D eigenvalue weighted by molar-refractivity contribution is 0.0572. The zero-order chi connectivity index (χ0) is 18.1. The van der Waals surface area contributed by atoms with Gasteiger partial charge in [0.15, 0.2) is 5.69 Å². The van der Waals surface area contributed by atoms with Crippen LogP contribution in [0.2, 0.25) is 0 Å². The molecule has 0 radical (unpaired) electrons. The number of hydrogen-bond donors (Lipinski definition) is 0. The molecule has 1 unspecified atom stereocenters. The van der Waals surface area contributed by atoms with E-state index in [4.69, 9.17) is 4.74 Å². The number of rotatable bonds is 3. The van der Waals surface area contributed by atoms with Gasteiger partial charge in [0.05, 0.1) is 19.7 Å². The minimum absolute atomic E-state index is 0.166. The Morgan fingerprint density at radius 3 is 2.85 bits per heavy atom. The van der Waals surface area contributed by atoms with Gasteiger partial charge in [-0.2, -0.15) is 5.10 Å². The predicted molar refractivity (Wildman–Crippen MR) is 94.6 cm³/mol. The Hall–Kier alpha value is -3.22. The zero-order valence-electron chi connectivity index (χ0n) is 14.7. The van der Waals surface area contributed by atoms with Gasteiger partial charge in [0.25, 0.3) is 5.91 Å². The number of carbonyl (C=O) groups excluding carboxylic acids is 1. The first-order valence-corrected chi connectivity index (χ1v) is 8.41. The molecule has 0 saturated heterocycles. The van der Waals surface area contributed by atoms with Crippen molar-refractivity contribution in [2.24, 2.45) is 0 Å². The van der Waals surface area contributed by atoms with Crippen molar-refractivity contribution in [2.45, 2.75) is 26.1 Å². The lowest BCUT2D eigenvalue weighted by atomic mass is 10.0. The van der Waals surface area contributed by atoms with Crippen LogP contribution >= 0.6 is 0 Å². The van der Waals surface area contributed by atoms with Crippen LogP contribution in [0, 0.1) is 6.92 Å². The molecule has 0 saturated carbocycles. The summed E-state index contributed by atoms with van der Waals surface area (Å²) < 4.78 is 7.69. The van der Waals surface area contributed by atoms with E-state index >= 15 is 0 Å². The number of benzene rings is 1. The molecule has 2 aromatic heterocycles. The number of carbonyl (C=O) groups is 1. The Kier molecular flexibility index (Phi) is 4.12. The summed E-state index contributed by atoms with van der Waals surface area (Å²) >= 11 is 0.